The average Bonchev–Trinajstić information content (AvgIpc) is 3.72. The fraction of sp³-hybridized carbons (Fsp3) is 0.355. The quantitative estimate of drug-likeness (QED) is 0.263. The monoisotopic (exact) mass is 576 g/mol. The third-order valence-corrected chi connectivity index (χ3v) is 8.66. The highest BCUT2D eigenvalue weighted by molar-refractivity contribution is 5.94. The number of alkyl halides is 3. The summed E-state index contributed by atoms with van der Waals surface area (Å²) >= 11 is 0. The Morgan fingerprint density at radius 1 is 1.17 bits per heavy atom. The summed E-state index contributed by atoms with van der Waals surface area (Å²) in [5, 5.41) is 14.2. The first kappa shape index (κ1) is 26.5. The summed E-state index contributed by atoms with van der Waals surface area (Å²) in [4.78, 5) is 21.6. The van der Waals surface area contributed by atoms with Gasteiger partial charge in [-0.05, 0) is 73.4 Å². The van der Waals surface area contributed by atoms with Gasteiger partial charge in [-0.15, -0.1) is 0 Å². The van der Waals surface area contributed by atoms with E-state index in [1.807, 2.05) is 18.2 Å². The van der Waals surface area contributed by atoms with Crippen molar-refractivity contribution in [3.8, 4) is 17.0 Å². The molecule has 1 aromatic carbocycles. The second-order valence-electron chi connectivity index (χ2n) is 11.4. The number of methoxy groups -OCH3 is 1. The maximum Gasteiger partial charge on any atom is 0.434 e. The number of anilines is 1. The normalized spacial score (nSPS) is 18.2. The van der Waals surface area contributed by atoms with Crippen LogP contribution in [0.1, 0.15) is 65.5 Å². The Hall–Kier alpha value is -4.41. The number of rotatable bonds is 6. The molecule has 0 radical (unpaired) electrons. The Kier molecular flexibility index (Phi) is 6.04. The zero-order valence-electron chi connectivity index (χ0n) is 22.7. The molecule has 4 aromatic rings. The largest absolute Gasteiger partial charge is 0.496 e. The van der Waals surface area contributed by atoms with Crippen molar-refractivity contribution in [3.63, 3.8) is 0 Å². The molecule has 1 aliphatic heterocycles. The molecule has 7 rings (SSSR count). The Balaban J connectivity index is 1.15. The van der Waals surface area contributed by atoms with Crippen molar-refractivity contribution in [2.24, 2.45) is 5.41 Å². The second kappa shape index (κ2) is 9.57. The van der Waals surface area contributed by atoms with E-state index in [0.717, 1.165) is 68.0 Å². The van der Waals surface area contributed by atoms with Crippen LogP contribution >= 0.6 is 0 Å². The van der Waals surface area contributed by atoms with E-state index in [9.17, 15) is 23.1 Å². The van der Waals surface area contributed by atoms with Gasteiger partial charge in [0.1, 0.15) is 17.2 Å². The summed E-state index contributed by atoms with van der Waals surface area (Å²) < 4.78 is 52.6. The molecule has 8 nitrogen and oxygen atoms in total. The fourth-order valence-corrected chi connectivity index (χ4v) is 6.31. The van der Waals surface area contributed by atoms with Gasteiger partial charge in [-0.25, -0.2) is 9.78 Å². The highest BCUT2D eigenvalue weighted by atomic mass is 19.4. The highest BCUT2D eigenvalue weighted by Gasteiger charge is 2.45. The van der Waals surface area contributed by atoms with Crippen LogP contribution in [0.2, 0.25) is 0 Å². The fourth-order valence-electron chi connectivity index (χ4n) is 6.31. The molecule has 4 heterocycles. The van der Waals surface area contributed by atoms with E-state index in [1.165, 1.54) is 25.3 Å². The van der Waals surface area contributed by atoms with Gasteiger partial charge in [0.2, 0.25) is 0 Å². The van der Waals surface area contributed by atoms with E-state index in [4.69, 9.17) is 9.26 Å². The van der Waals surface area contributed by atoms with E-state index < -0.39 is 17.8 Å². The van der Waals surface area contributed by atoms with Crippen molar-refractivity contribution in [2.75, 3.05) is 25.1 Å². The molecule has 0 atom stereocenters. The minimum atomic E-state index is -4.60. The molecule has 1 saturated carbocycles. The third-order valence-electron chi connectivity index (χ3n) is 8.66. The van der Waals surface area contributed by atoms with Gasteiger partial charge in [0.05, 0.1) is 12.6 Å². The van der Waals surface area contributed by atoms with Crippen LogP contribution in [0.3, 0.4) is 0 Å². The smallest absolute Gasteiger partial charge is 0.434 e. The molecule has 0 amide bonds. The van der Waals surface area contributed by atoms with Gasteiger partial charge < -0.3 is 19.3 Å². The van der Waals surface area contributed by atoms with Gasteiger partial charge in [-0.2, -0.15) is 13.2 Å². The number of benzene rings is 1. The summed E-state index contributed by atoms with van der Waals surface area (Å²) in [6, 6.07) is 10.1. The maximum absolute atomic E-state index is 13.8. The molecule has 0 unspecified atom stereocenters. The number of hydrogen-bond acceptors (Lipinski definition) is 7. The number of fused-ring (bicyclic) bond motifs is 1. The Labute approximate surface area is 238 Å². The number of aromatic nitrogens is 3. The number of carboxylic acids is 1. The van der Waals surface area contributed by atoms with Gasteiger partial charge in [0, 0.05) is 53.5 Å². The number of carbonyl (C=O) groups is 1. The maximum atomic E-state index is 13.8. The predicted molar refractivity (Wildman–Crippen MR) is 148 cm³/mol. The van der Waals surface area contributed by atoms with Crippen LogP contribution in [-0.2, 0) is 6.18 Å². The predicted octanol–water partition coefficient (Wildman–Crippen LogP) is 6.96. The molecule has 11 heteroatoms. The van der Waals surface area contributed by atoms with Crippen LogP contribution in [0.4, 0.5) is 18.9 Å². The number of aromatic carboxylic acids is 1. The summed E-state index contributed by atoms with van der Waals surface area (Å²) in [5.41, 5.74) is 2.37. The van der Waals surface area contributed by atoms with Crippen LogP contribution in [0.25, 0.3) is 27.7 Å². The average molecular weight is 577 g/mol. The number of halogens is 3. The number of carboxylic acid groups (broad SMARTS) is 1. The van der Waals surface area contributed by atoms with Crippen LogP contribution < -0.4 is 9.64 Å². The van der Waals surface area contributed by atoms with Gasteiger partial charge >= 0.3 is 12.1 Å². The molecule has 3 aliphatic rings. The zero-order chi connectivity index (χ0) is 29.2. The first-order valence-corrected chi connectivity index (χ1v) is 13.9. The molecular formula is C31H27F3N4O4. The number of hydrogen-bond donors (Lipinski definition) is 1. The van der Waals surface area contributed by atoms with Crippen molar-refractivity contribution in [2.45, 2.75) is 44.2 Å². The van der Waals surface area contributed by atoms with Crippen LogP contribution in [0.15, 0.2) is 53.2 Å². The van der Waals surface area contributed by atoms with Crippen LogP contribution in [-0.4, -0.2) is 46.4 Å². The Morgan fingerprint density at radius 2 is 1.93 bits per heavy atom. The third kappa shape index (κ3) is 4.47. The second-order valence-corrected chi connectivity index (χ2v) is 11.4. The number of allylic oxidation sites excluding steroid dienone is 2. The van der Waals surface area contributed by atoms with Crippen LogP contribution in [0.5, 0.6) is 5.75 Å². The van der Waals surface area contributed by atoms with Crippen molar-refractivity contribution >= 4 is 28.1 Å². The van der Waals surface area contributed by atoms with Crippen molar-refractivity contribution in [3.05, 3.63) is 71.4 Å². The molecular weight excluding hydrogens is 549 g/mol. The van der Waals surface area contributed by atoms with Gasteiger partial charge in [-0.3, -0.25) is 4.98 Å². The lowest BCUT2D eigenvalue weighted by molar-refractivity contribution is -0.140. The standard InChI is InChI=1S/C31H27F3N4O4/c1-41-24-14-23(29(39)40)36-22-7-6-19(13-21(22)24)38-11-8-30(9-12-38)15-18(16-30)25-26(37-42-27(25)17-4-5-17)20-3-2-10-35-28(20)31(32,33)34/h2-3,6-7,10,13-15,17H,4-5,8-9,11-12,16H2,1H3,(H,39,40). The van der Waals surface area contributed by atoms with Gasteiger partial charge in [0.15, 0.2) is 11.4 Å². The lowest BCUT2D eigenvalue weighted by atomic mass is 9.63. The number of pyridine rings is 2. The van der Waals surface area contributed by atoms with Crippen molar-refractivity contribution in [1.82, 2.24) is 15.1 Å². The SMILES string of the molecule is COc1cc(C(=O)O)nc2ccc(N3CCC4(C=C(c5c(-c6cccnc6C(F)(F)F)noc5C5CC5)C4)CC3)cc12. The van der Waals surface area contributed by atoms with Gasteiger partial charge in [0.25, 0.3) is 0 Å². The molecule has 0 bridgehead atoms. The molecule has 1 saturated heterocycles. The van der Waals surface area contributed by atoms with E-state index in [-0.39, 0.29) is 28.3 Å². The number of ether oxygens (including phenoxy) is 1. The molecule has 2 fully saturated rings. The number of piperidine rings is 1. The van der Waals surface area contributed by atoms with Crippen molar-refractivity contribution < 1.29 is 32.3 Å². The van der Waals surface area contributed by atoms with Crippen LogP contribution in [0, 0.1) is 5.41 Å². The van der Waals surface area contributed by atoms with Gasteiger partial charge in [-0.1, -0.05) is 11.2 Å². The van der Waals surface area contributed by atoms with E-state index in [0.29, 0.717) is 22.6 Å². The minimum Gasteiger partial charge on any atom is -0.496 e. The highest BCUT2D eigenvalue weighted by Crippen LogP contribution is 2.56. The first-order valence-electron chi connectivity index (χ1n) is 13.9. The Bertz CT molecular complexity index is 1750. The Morgan fingerprint density at radius 3 is 2.60 bits per heavy atom. The molecule has 216 valence electrons. The molecule has 1 spiro atoms. The van der Waals surface area contributed by atoms with Crippen molar-refractivity contribution in [1.29, 1.82) is 0 Å². The summed E-state index contributed by atoms with van der Waals surface area (Å²) in [6.07, 6.45) is 3.19. The zero-order valence-corrected chi connectivity index (χ0v) is 22.7. The van der Waals surface area contributed by atoms with E-state index in [1.54, 1.807) is 0 Å². The summed E-state index contributed by atoms with van der Waals surface area (Å²) in [7, 11) is 1.51. The first-order chi connectivity index (χ1) is 20.2. The topological polar surface area (TPSA) is 102 Å². The van der Waals surface area contributed by atoms with E-state index >= 15 is 0 Å². The molecule has 1 N–H and O–H groups in total. The molecule has 42 heavy (non-hydrogen) atoms. The summed E-state index contributed by atoms with van der Waals surface area (Å²) in [6.45, 7) is 1.59. The lowest BCUT2D eigenvalue weighted by Gasteiger charge is -2.47. The molecule has 2 aliphatic carbocycles. The lowest BCUT2D eigenvalue weighted by Crippen LogP contribution is -2.42. The minimum absolute atomic E-state index is 0.0323. The summed E-state index contributed by atoms with van der Waals surface area (Å²) in [5.74, 6) is 0.220. The molecule has 3 aromatic heterocycles. The van der Waals surface area contributed by atoms with E-state index in [2.05, 4.69) is 26.1 Å². The number of nitrogens with zero attached hydrogens (tertiary/aromatic N) is 4.